The van der Waals surface area contributed by atoms with Crippen LogP contribution in [-0.2, 0) is 47.6 Å². The fraction of sp³-hybridized carbons (Fsp3) is 0.625. The highest BCUT2D eigenvalue weighted by atomic mass is 19.1. The maximum atomic E-state index is 15.4. The van der Waals surface area contributed by atoms with Crippen LogP contribution in [0.1, 0.15) is 96.7 Å². The molecule has 4 heterocycles. The summed E-state index contributed by atoms with van der Waals surface area (Å²) in [6.07, 6.45) is -7.72. The lowest BCUT2D eigenvalue weighted by Crippen LogP contribution is -2.79. The number of amides is 1. The van der Waals surface area contributed by atoms with E-state index in [9.17, 15) is 29.4 Å². The number of aliphatic hydroxyl groups is 2. The number of esters is 3. The van der Waals surface area contributed by atoms with E-state index in [4.69, 9.17) is 38.0 Å². The Kier molecular flexibility index (Phi) is 12.9. The van der Waals surface area contributed by atoms with Crippen molar-refractivity contribution in [2.24, 2.45) is 21.9 Å². The molecule has 2 saturated carbocycles. The van der Waals surface area contributed by atoms with Gasteiger partial charge in [-0.15, -0.1) is 0 Å². The molecule has 3 N–H and O–H groups in total. The van der Waals surface area contributed by atoms with E-state index in [2.05, 4.69) is 20.4 Å². The average molecular weight is 937 g/mol. The number of carbonyl (C=O) groups excluding carboxylic acids is 4. The van der Waals surface area contributed by atoms with Crippen LogP contribution in [0.5, 0.6) is 0 Å². The molecule has 18 nitrogen and oxygen atoms in total. The van der Waals surface area contributed by atoms with Gasteiger partial charge in [0.25, 0.3) is 0 Å². The number of aliphatic hydroxyl groups excluding tert-OH is 1. The number of benzene rings is 1. The molecule has 0 radical (unpaired) electrons. The van der Waals surface area contributed by atoms with Gasteiger partial charge in [0.05, 0.1) is 36.4 Å². The Morgan fingerprint density at radius 2 is 1.78 bits per heavy atom. The van der Waals surface area contributed by atoms with Crippen molar-refractivity contribution in [2.75, 3.05) is 33.4 Å². The fourth-order valence-corrected chi connectivity index (χ4v) is 11.5. The van der Waals surface area contributed by atoms with E-state index in [1.807, 2.05) is 6.92 Å². The Balaban J connectivity index is 1.26. The van der Waals surface area contributed by atoms with Crippen LogP contribution in [0.25, 0.3) is 0 Å². The van der Waals surface area contributed by atoms with E-state index in [0.29, 0.717) is 43.6 Å². The largest absolute Gasteiger partial charge is 0.456 e. The summed E-state index contributed by atoms with van der Waals surface area (Å²) in [5.41, 5.74) is -5.48. The summed E-state index contributed by atoms with van der Waals surface area (Å²) < 4.78 is 60.2. The molecule has 8 rings (SSSR count). The number of oxime groups is 1. The van der Waals surface area contributed by atoms with Crippen LogP contribution in [0.4, 0.5) is 9.18 Å². The quantitative estimate of drug-likeness (QED) is 0.124. The van der Waals surface area contributed by atoms with Crippen LogP contribution < -0.4 is 5.32 Å². The SMILES string of the molecule is CON=C1CN(C[C@@H]2O[C@@H]3C4=C(C)[C@@H](OC(=O)[C@H](O)[C@@H](NC(=O)OC(C)(C)C)c5ncccc5F)C[C@@](O)([C@@H](OC(=O)c5ccccc5)[C@H]5[C@@](C)(CC[C@H]6OC[C@]65OC(C)=O)[C@@H]3O2)C4(C)C)C1. The lowest BCUT2D eigenvalue weighted by atomic mass is 9.45. The van der Waals surface area contributed by atoms with Crippen LogP contribution in [0.15, 0.2) is 65.0 Å². The average Bonchev–Trinajstić information content (AvgIpc) is 3.65. The summed E-state index contributed by atoms with van der Waals surface area (Å²) in [6, 6.07) is 8.84. The van der Waals surface area contributed by atoms with Crippen molar-refractivity contribution in [1.29, 1.82) is 0 Å². The number of nitrogens with one attached hydrogen (secondary N) is 1. The molecule has 67 heavy (non-hydrogen) atoms. The fourth-order valence-electron chi connectivity index (χ4n) is 11.5. The van der Waals surface area contributed by atoms with Gasteiger partial charge in [-0.2, -0.15) is 0 Å². The van der Waals surface area contributed by atoms with E-state index in [0.717, 1.165) is 11.8 Å². The van der Waals surface area contributed by atoms with Crippen molar-refractivity contribution in [3.05, 3.63) is 76.9 Å². The van der Waals surface area contributed by atoms with Crippen LogP contribution in [0.2, 0.25) is 0 Å². The second-order valence-corrected chi connectivity index (χ2v) is 20.3. The normalized spacial score (nSPS) is 33.9. The van der Waals surface area contributed by atoms with Crippen LogP contribution in [0, 0.1) is 22.6 Å². The molecule has 3 aliphatic carbocycles. The number of likely N-dealkylation sites (tertiary alicyclic amines) is 1. The molecule has 0 spiro atoms. The molecule has 6 aliphatic rings. The van der Waals surface area contributed by atoms with Gasteiger partial charge in [0.2, 0.25) is 0 Å². The lowest BCUT2D eigenvalue weighted by molar-refractivity contribution is -0.345. The molecule has 12 atom stereocenters. The maximum Gasteiger partial charge on any atom is 0.408 e. The smallest absolute Gasteiger partial charge is 0.408 e. The number of carbonyl (C=O) groups is 4. The van der Waals surface area contributed by atoms with Gasteiger partial charge >= 0.3 is 24.0 Å². The number of ether oxygens (including phenoxy) is 7. The summed E-state index contributed by atoms with van der Waals surface area (Å²) in [6.45, 7) is 14.7. The molecule has 3 saturated heterocycles. The third-order valence-corrected chi connectivity index (χ3v) is 14.6. The van der Waals surface area contributed by atoms with Crippen molar-refractivity contribution < 1.29 is 71.8 Å². The molecule has 364 valence electrons. The number of pyridine rings is 1. The Morgan fingerprint density at radius 3 is 2.40 bits per heavy atom. The summed E-state index contributed by atoms with van der Waals surface area (Å²) in [7, 11) is 1.48. The molecular weight excluding hydrogens is 876 g/mol. The third kappa shape index (κ3) is 8.60. The number of halogens is 1. The first kappa shape index (κ1) is 48.4. The molecule has 1 aromatic heterocycles. The first-order chi connectivity index (χ1) is 31.5. The maximum absolute atomic E-state index is 15.4. The Bertz CT molecular complexity index is 2320. The van der Waals surface area contributed by atoms with E-state index >= 15 is 4.39 Å². The second kappa shape index (κ2) is 17.8. The molecule has 2 bridgehead atoms. The number of alkyl carbamates (subject to hydrolysis) is 1. The summed E-state index contributed by atoms with van der Waals surface area (Å²) >= 11 is 0. The number of aromatic nitrogens is 1. The molecule has 1 amide bonds. The van der Waals surface area contributed by atoms with Gasteiger partial charge < -0.3 is 53.5 Å². The van der Waals surface area contributed by atoms with Gasteiger partial charge in [0.1, 0.15) is 60.3 Å². The van der Waals surface area contributed by atoms with E-state index in [1.54, 1.807) is 71.9 Å². The summed E-state index contributed by atoms with van der Waals surface area (Å²) in [5, 5.41) is 32.2. The topological polar surface area (TPSA) is 223 Å². The van der Waals surface area contributed by atoms with Gasteiger partial charge in [-0.1, -0.05) is 44.1 Å². The van der Waals surface area contributed by atoms with Gasteiger partial charge in [-0.25, -0.2) is 18.8 Å². The number of rotatable bonds is 11. The van der Waals surface area contributed by atoms with Gasteiger partial charge in [0, 0.05) is 43.5 Å². The van der Waals surface area contributed by atoms with Crippen molar-refractivity contribution in [2.45, 2.75) is 140 Å². The number of nitrogens with zero attached hydrogens (tertiary/aromatic N) is 3. The van der Waals surface area contributed by atoms with Crippen LogP contribution in [0.3, 0.4) is 0 Å². The molecule has 3 aliphatic heterocycles. The predicted molar refractivity (Wildman–Crippen MR) is 233 cm³/mol. The highest BCUT2D eigenvalue weighted by Gasteiger charge is 2.77. The second-order valence-electron chi connectivity index (χ2n) is 20.3. The van der Waals surface area contributed by atoms with Crippen LogP contribution in [-0.4, -0.2) is 143 Å². The zero-order valence-electron chi connectivity index (χ0n) is 39.3. The zero-order valence-corrected chi connectivity index (χ0v) is 39.3. The summed E-state index contributed by atoms with van der Waals surface area (Å²) in [5.74, 6) is -4.62. The number of hydrogen-bond donors (Lipinski definition) is 3. The molecular formula is C48H61FN4O14. The van der Waals surface area contributed by atoms with Gasteiger partial charge in [-0.3, -0.25) is 14.7 Å². The lowest BCUT2D eigenvalue weighted by Gasteiger charge is -2.68. The van der Waals surface area contributed by atoms with Crippen LogP contribution >= 0.6 is 0 Å². The minimum absolute atomic E-state index is 0.0765. The molecule has 1 aromatic carbocycles. The first-order valence-corrected chi connectivity index (χ1v) is 22.6. The number of fused-ring (bicyclic) bond motifs is 8. The minimum Gasteiger partial charge on any atom is -0.456 e. The highest BCUT2D eigenvalue weighted by Crippen LogP contribution is 2.66. The third-order valence-electron chi connectivity index (χ3n) is 14.6. The highest BCUT2D eigenvalue weighted by molar-refractivity contribution is 5.92. The Morgan fingerprint density at radius 1 is 1.06 bits per heavy atom. The number of hydrogen-bond acceptors (Lipinski definition) is 17. The Hall–Kier alpha value is -5.05. The molecule has 2 aromatic rings. The Labute approximate surface area is 388 Å². The van der Waals surface area contributed by atoms with Gasteiger partial charge in [0.15, 0.2) is 18.0 Å². The zero-order chi connectivity index (χ0) is 48.4. The van der Waals surface area contributed by atoms with Crippen molar-refractivity contribution in [3.63, 3.8) is 0 Å². The molecule has 19 heteroatoms. The molecule has 0 unspecified atom stereocenters. The predicted octanol–water partition coefficient (Wildman–Crippen LogP) is 4.32. The monoisotopic (exact) mass is 936 g/mol. The minimum atomic E-state index is -2.26. The van der Waals surface area contributed by atoms with Crippen molar-refractivity contribution in [3.8, 4) is 0 Å². The van der Waals surface area contributed by atoms with E-state index < -0.39 is 124 Å². The summed E-state index contributed by atoms with van der Waals surface area (Å²) in [4.78, 5) is 66.4. The van der Waals surface area contributed by atoms with E-state index in [1.165, 1.54) is 26.3 Å². The standard InChI is InChI=1S/C48H61FN4O14/c1-25-30(62-42(57)36(55)35(34-29(49)16-13-19-50-34)51-43(58)67-44(3,4)5)20-48(59)40(65-41(56)27-14-11-10-12-15-27)38-46(8,18-17-31-47(38,24-61-31)66-26(2)54)39-37(33(25)45(48,6)7)63-32(64-39)23-53-21-28(22-53)52-60-9/h10-16,19,30-32,35-40,55,59H,17-18,20-24H2,1-9H3,(H,51,58)/t30-,31+,32+,35-,36+,37+,38-,39+,40-,46+,47-,48+/m0/s1. The van der Waals surface area contributed by atoms with Crippen molar-refractivity contribution in [1.82, 2.24) is 15.2 Å². The van der Waals surface area contributed by atoms with Gasteiger partial charge in [-0.05, 0) is 75.9 Å². The first-order valence-electron chi connectivity index (χ1n) is 22.6. The van der Waals surface area contributed by atoms with E-state index in [-0.39, 0.29) is 12.2 Å². The van der Waals surface area contributed by atoms with Crippen molar-refractivity contribution >= 4 is 29.7 Å². The molecule has 5 fully saturated rings.